The highest BCUT2D eigenvalue weighted by molar-refractivity contribution is 5.78. The average Bonchev–Trinajstić information content (AvgIpc) is 3.04. The van der Waals surface area contributed by atoms with Crippen LogP contribution in [0.1, 0.15) is 20.8 Å². The van der Waals surface area contributed by atoms with E-state index >= 15 is 0 Å². The Morgan fingerprint density at radius 3 is 1.77 bits per heavy atom. The monoisotopic (exact) mass is 374 g/mol. The van der Waals surface area contributed by atoms with E-state index in [2.05, 4.69) is 4.90 Å². The zero-order valence-corrected chi connectivity index (χ0v) is 17.1. The minimum atomic E-state index is -0.779. The Morgan fingerprint density at radius 2 is 1.42 bits per heavy atom. The SMILES string of the molecule is CCOC(=O)C1(C)CN(C)CC1OC.COC1CN(C)CC1(C)C(=O)O. The second-order valence-electron chi connectivity index (χ2n) is 7.70. The van der Waals surface area contributed by atoms with Crippen molar-refractivity contribution in [2.45, 2.75) is 33.0 Å². The van der Waals surface area contributed by atoms with Gasteiger partial charge in [-0.05, 0) is 34.9 Å². The van der Waals surface area contributed by atoms with Gasteiger partial charge in [-0.15, -0.1) is 0 Å². The lowest BCUT2D eigenvalue weighted by atomic mass is 9.87. The molecule has 2 fully saturated rings. The summed E-state index contributed by atoms with van der Waals surface area (Å²) in [6.07, 6.45) is -0.258. The van der Waals surface area contributed by atoms with Crippen LogP contribution in [0.3, 0.4) is 0 Å². The third kappa shape index (κ3) is 4.73. The van der Waals surface area contributed by atoms with Crippen LogP contribution < -0.4 is 0 Å². The highest BCUT2D eigenvalue weighted by Crippen LogP contribution is 2.33. The molecule has 152 valence electrons. The van der Waals surface area contributed by atoms with Crippen LogP contribution >= 0.6 is 0 Å². The molecule has 0 saturated carbocycles. The van der Waals surface area contributed by atoms with Crippen LogP contribution in [-0.2, 0) is 23.8 Å². The first-order chi connectivity index (χ1) is 12.0. The Kier molecular flexibility index (Phi) is 8.01. The van der Waals surface area contributed by atoms with Crippen LogP contribution in [0.4, 0.5) is 0 Å². The lowest BCUT2D eigenvalue weighted by molar-refractivity contribution is -0.159. The van der Waals surface area contributed by atoms with Crippen molar-refractivity contribution in [3.05, 3.63) is 0 Å². The molecule has 0 amide bonds. The van der Waals surface area contributed by atoms with Gasteiger partial charge in [0.1, 0.15) is 10.8 Å². The van der Waals surface area contributed by atoms with Crippen LogP contribution in [0.15, 0.2) is 0 Å². The van der Waals surface area contributed by atoms with Crippen molar-refractivity contribution < 1.29 is 28.9 Å². The molecule has 2 aliphatic rings. The molecule has 26 heavy (non-hydrogen) atoms. The molecule has 2 rings (SSSR count). The predicted molar refractivity (Wildman–Crippen MR) is 97.1 cm³/mol. The molecule has 2 heterocycles. The molecule has 2 aliphatic heterocycles. The second-order valence-corrected chi connectivity index (χ2v) is 7.70. The molecule has 8 nitrogen and oxygen atoms in total. The summed E-state index contributed by atoms with van der Waals surface area (Å²) in [6.45, 7) is 8.61. The maximum Gasteiger partial charge on any atom is 0.315 e. The van der Waals surface area contributed by atoms with Gasteiger partial charge >= 0.3 is 11.9 Å². The van der Waals surface area contributed by atoms with Gasteiger partial charge in [0.15, 0.2) is 0 Å². The first-order valence-corrected chi connectivity index (χ1v) is 8.88. The molecule has 0 aliphatic carbocycles. The van der Waals surface area contributed by atoms with Crippen molar-refractivity contribution in [1.29, 1.82) is 0 Å². The van der Waals surface area contributed by atoms with E-state index in [1.54, 1.807) is 21.1 Å². The number of rotatable bonds is 5. The highest BCUT2D eigenvalue weighted by Gasteiger charge is 2.49. The van der Waals surface area contributed by atoms with Gasteiger partial charge < -0.3 is 29.1 Å². The maximum absolute atomic E-state index is 11.8. The fourth-order valence-corrected chi connectivity index (χ4v) is 3.79. The number of ether oxygens (including phenoxy) is 3. The van der Waals surface area contributed by atoms with Gasteiger partial charge in [0, 0.05) is 40.4 Å². The fourth-order valence-electron chi connectivity index (χ4n) is 3.79. The number of esters is 1. The zero-order chi connectivity index (χ0) is 20.1. The number of hydrogen-bond donors (Lipinski definition) is 1. The molecule has 0 spiro atoms. The van der Waals surface area contributed by atoms with Crippen LogP contribution in [0, 0.1) is 10.8 Å². The minimum Gasteiger partial charge on any atom is -0.481 e. The Labute approximate surface area is 156 Å². The summed E-state index contributed by atoms with van der Waals surface area (Å²) in [5.74, 6) is -0.935. The molecule has 0 bridgehead atoms. The number of hydrogen-bond acceptors (Lipinski definition) is 7. The minimum absolute atomic E-state index is 0.0634. The molecule has 0 aromatic rings. The van der Waals surface area contributed by atoms with Gasteiger partial charge in [0.2, 0.25) is 0 Å². The van der Waals surface area contributed by atoms with E-state index in [1.807, 2.05) is 32.8 Å². The standard InChI is InChI=1S/C10H19NO3.C8H15NO3/c1-5-14-9(12)10(2)7-11(3)6-8(10)13-4;1-8(7(10)11)5-9(2)4-6(8)12-3/h8H,5-7H2,1-4H3;6H,4-5H2,1-3H3,(H,10,11). The first kappa shape index (κ1) is 22.8. The number of likely N-dealkylation sites (tertiary alicyclic amines) is 2. The molecular formula is C18H34N2O6. The third-order valence-electron chi connectivity index (χ3n) is 5.37. The lowest BCUT2D eigenvalue weighted by Crippen LogP contribution is -2.41. The van der Waals surface area contributed by atoms with Gasteiger partial charge in [-0.2, -0.15) is 0 Å². The summed E-state index contributed by atoms with van der Waals surface area (Å²) in [5, 5.41) is 8.99. The molecule has 0 aromatic heterocycles. The summed E-state index contributed by atoms with van der Waals surface area (Å²) in [4.78, 5) is 26.7. The smallest absolute Gasteiger partial charge is 0.315 e. The van der Waals surface area contributed by atoms with Crippen molar-refractivity contribution in [3.8, 4) is 0 Å². The summed E-state index contributed by atoms with van der Waals surface area (Å²) < 4.78 is 15.5. The highest BCUT2D eigenvalue weighted by atomic mass is 16.5. The van der Waals surface area contributed by atoms with Gasteiger partial charge in [-0.3, -0.25) is 9.59 Å². The Balaban J connectivity index is 0.000000263. The van der Waals surface area contributed by atoms with E-state index in [0.717, 1.165) is 6.54 Å². The number of methoxy groups -OCH3 is 2. The topological polar surface area (TPSA) is 88.5 Å². The number of likely N-dealkylation sites (N-methyl/N-ethyl adjacent to an activating group) is 2. The number of aliphatic carboxylic acids is 1. The summed E-state index contributed by atoms with van der Waals surface area (Å²) in [7, 11) is 7.09. The van der Waals surface area contributed by atoms with E-state index in [4.69, 9.17) is 19.3 Å². The molecule has 2 saturated heterocycles. The van der Waals surface area contributed by atoms with E-state index < -0.39 is 16.8 Å². The summed E-state index contributed by atoms with van der Waals surface area (Å²) in [6, 6.07) is 0. The van der Waals surface area contributed by atoms with Crippen LogP contribution in [-0.4, -0.2) is 100 Å². The Bertz CT molecular complexity index is 502. The van der Waals surface area contributed by atoms with Crippen LogP contribution in [0.2, 0.25) is 0 Å². The number of nitrogens with zero attached hydrogens (tertiary/aromatic N) is 2. The van der Waals surface area contributed by atoms with Gasteiger partial charge in [-0.1, -0.05) is 0 Å². The van der Waals surface area contributed by atoms with Crippen molar-refractivity contribution in [2.75, 3.05) is 61.1 Å². The van der Waals surface area contributed by atoms with Crippen LogP contribution in [0.5, 0.6) is 0 Å². The first-order valence-electron chi connectivity index (χ1n) is 8.88. The molecule has 0 aromatic carbocycles. The Hall–Kier alpha value is -1.22. The molecule has 0 radical (unpaired) electrons. The zero-order valence-electron chi connectivity index (χ0n) is 17.1. The quantitative estimate of drug-likeness (QED) is 0.698. The van der Waals surface area contributed by atoms with E-state index in [9.17, 15) is 9.59 Å². The van der Waals surface area contributed by atoms with Crippen molar-refractivity contribution >= 4 is 11.9 Å². The fraction of sp³-hybridized carbons (Fsp3) is 0.889. The lowest BCUT2D eigenvalue weighted by Gasteiger charge is -2.26. The van der Waals surface area contributed by atoms with E-state index in [0.29, 0.717) is 26.2 Å². The second kappa shape index (κ2) is 9.12. The molecule has 8 heteroatoms. The largest absolute Gasteiger partial charge is 0.481 e. The summed E-state index contributed by atoms with van der Waals surface area (Å²) in [5.41, 5.74) is -1.26. The van der Waals surface area contributed by atoms with Gasteiger partial charge in [0.25, 0.3) is 0 Å². The van der Waals surface area contributed by atoms with Crippen LogP contribution in [0.25, 0.3) is 0 Å². The summed E-state index contributed by atoms with van der Waals surface area (Å²) >= 11 is 0. The molecular weight excluding hydrogens is 340 g/mol. The normalized spacial score (nSPS) is 35.0. The Morgan fingerprint density at radius 1 is 1.00 bits per heavy atom. The number of carboxylic acids is 1. The number of carbonyl (C=O) groups excluding carboxylic acids is 1. The molecule has 4 atom stereocenters. The van der Waals surface area contributed by atoms with Gasteiger partial charge in [0.05, 0.1) is 18.8 Å². The van der Waals surface area contributed by atoms with Gasteiger partial charge in [-0.25, -0.2) is 0 Å². The van der Waals surface area contributed by atoms with E-state index in [-0.39, 0.29) is 18.2 Å². The molecule has 1 N–H and O–H groups in total. The predicted octanol–water partition coefficient (Wildman–Crippen LogP) is 0.554. The third-order valence-corrected chi connectivity index (χ3v) is 5.37. The number of carboxylic acid groups (broad SMARTS) is 1. The van der Waals surface area contributed by atoms with Crippen molar-refractivity contribution in [1.82, 2.24) is 9.80 Å². The van der Waals surface area contributed by atoms with Crippen molar-refractivity contribution in [2.24, 2.45) is 10.8 Å². The van der Waals surface area contributed by atoms with Crippen molar-refractivity contribution in [3.63, 3.8) is 0 Å². The van der Waals surface area contributed by atoms with E-state index in [1.165, 1.54) is 0 Å². The maximum atomic E-state index is 11.8. The number of carbonyl (C=O) groups is 2. The average molecular weight is 374 g/mol. The molecule has 4 unspecified atom stereocenters.